The largest absolute Gasteiger partial charge is 0.337 e. The molecule has 2 aromatic rings. The molecule has 1 N–H and O–H groups in total. The molecule has 0 saturated carbocycles. The van der Waals surface area contributed by atoms with Gasteiger partial charge in [-0.15, -0.1) is 11.3 Å². The van der Waals surface area contributed by atoms with Gasteiger partial charge in [-0.3, -0.25) is 14.2 Å². The number of nitrogens with one attached hydrogen (secondary N) is 1. The molecule has 1 atom stereocenters. The van der Waals surface area contributed by atoms with Crippen LogP contribution in [-0.2, 0) is 19.9 Å². The number of carbonyl (C=O) groups is 1. The molecule has 0 unspecified atom stereocenters. The highest BCUT2D eigenvalue weighted by molar-refractivity contribution is 7.14. The van der Waals surface area contributed by atoms with Crippen LogP contribution in [0.1, 0.15) is 50.5 Å². The van der Waals surface area contributed by atoms with Crippen LogP contribution < -0.4 is 10.9 Å². The average Bonchev–Trinajstić information content (AvgIpc) is 3.28. The summed E-state index contributed by atoms with van der Waals surface area (Å²) in [6.45, 7) is 4.08. The summed E-state index contributed by atoms with van der Waals surface area (Å²) < 4.78 is 1.59. The molecule has 6 nitrogen and oxygen atoms in total. The van der Waals surface area contributed by atoms with Crippen LogP contribution in [0.3, 0.4) is 0 Å². The van der Waals surface area contributed by atoms with Crippen molar-refractivity contribution in [3.8, 4) is 0 Å². The Bertz CT molecular complexity index is 895. The van der Waals surface area contributed by atoms with Crippen LogP contribution in [0, 0.1) is 6.92 Å². The van der Waals surface area contributed by atoms with E-state index in [1.807, 2.05) is 17.9 Å². The molecule has 138 valence electrons. The molecule has 2 aliphatic rings. The Labute approximate surface area is 156 Å². The maximum atomic E-state index is 13.0. The molecule has 1 fully saturated rings. The van der Waals surface area contributed by atoms with Crippen LogP contribution in [0.2, 0.25) is 0 Å². The molecule has 0 bridgehead atoms. The molecule has 1 amide bonds. The van der Waals surface area contributed by atoms with Gasteiger partial charge in [-0.25, -0.2) is 4.98 Å². The SMILES string of the molecule is Cc1nc2c(c(=O)n1C)CCN(C(=O)c1ccc([C@H]3CCCN3)s1)CC2. The van der Waals surface area contributed by atoms with E-state index in [9.17, 15) is 9.59 Å². The van der Waals surface area contributed by atoms with E-state index < -0.39 is 0 Å². The summed E-state index contributed by atoms with van der Waals surface area (Å²) in [7, 11) is 1.75. The first-order chi connectivity index (χ1) is 12.5. The van der Waals surface area contributed by atoms with Crippen molar-refractivity contribution in [2.24, 2.45) is 7.05 Å². The van der Waals surface area contributed by atoms with Gasteiger partial charge >= 0.3 is 0 Å². The fourth-order valence-electron chi connectivity index (χ4n) is 3.81. The van der Waals surface area contributed by atoms with Gasteiger partial charge in [0.1, 0.15) is 5.82 Å². The molecule has 2 aromatic heterocycles. The zero-order valence-corrected chi connectivity index (χ0v) is 16.1. The lowest BCUT2D eigenvalue weighted by atomic mass is 10.1. The minimum Gasteiger partial charge on any atom is -0.337 e. The van der Waals surface area contributed by atoms with Gasteiger partial charge in [0, 0.05) is 43.0 Å². The third-order valence-electron chi connectivity index (χ3n) is 5.47. The quantitative estimate of drug-likeness (QED) is 0.873. The predicted octanol–water partition coefficient (Wildman–Crippen LogP) is 1.82. The third kappa shape index (κ3) is 3.10. The maximum Gasteiger partial charge on any atom is 0.263 e. The third-order valence-corrected chi connectivity index (χ3v) is 6.66. The molecule has 1 saturated heterocycles. The highest BCUT2D eigenvalue weighted by Crippen LogP contribution is 2.30. The molecule has 0 radical (unpaired) electrons. The van der Waals surface area contributed by atoms with Gasteiger partial charge in [0.2, 0.25) is 0 Å². The second-order valence-corrected chi connectivity index (χ2v) is 8.21. The van der Waals surface area contributed by atoms with Crippen LogP contribution >= 0.6 is 11.3 Å². The lowest BCUT2D eigenvalue weighted by Gasteiger charge is -2.19. The van der Waals surface area contributed by atoms with Crippen molar-refractivity contribution >= 4 is 17.2 Å². The number of amides is 1. The van der Waals surface area contributed by atoms with E-state index in [0.29, 0.717) is 32.0 Å². The van der Waals surface area contributed by atoms with E-state index in [1.165, 1.54) is 11.3 Å². The van der Waals surface area contributed by atoms with Gasteiger partial charge in [0.15, 0.2) is 0 Å². The molecule has 26 heavy (non-hydrogen) atoms. The number of aromatic nitrogens is 2. The first-order valence-corrected chi connectivity index (χ1v) is 10.0. The minimum atomic E-state index is 0.0208. The van der Waals surface area contributed by atoms with Crippen LogP contribution in [0.15, 0.2) is 16.9 Å². The topological polar surface area (TPSA) is 67.2 Å². The lowest BCUT2D eigenvalue weighted by Crippen LogP contribution is -2.33. The molecule has 0 aliphatic carbocycles. The Morgan fingerprint density at radius 2 is 2.12 bits per heavy atom. The molecule has 7 heteroatoms. The smallest absolute Gasteiger partial charge is 0.263 e. The van der Waals surface area contributed by atoms with Crippen LogP contribution in [-0.4, -0.2) is 40.0 Å². The number of carbonyl (C=O) groups excluding carboxylic acids is 1. The molecule has 2 aliphatic heterocycles. The highest BCUT2D eigenvalue weighted by atomic mass is 32.1. The monoisotopic (exact) mass is 372 g/mol. The number of hydrogen-bond acceptors (Lipinski definition) is 5. The molecule has 4 heterocycles. The Kier molecular flexibility index (Phi) is 4.67. The van der Waals surface area contributed by atoms with E-state index in [-0.39, 0.29) is 11.5 Å². The lowest BCUT2D eigenvalue weighted by molar-refractivity contribution is 0.0767. The zero-order valence-electron chi connectivity index (χ0n) is 15.2. The van der Waals surface area contributed by atoms with E-state index in [1.54, 1.807) is 23.0 Å². The summed E-state index contributed by atoms with van der Waals surface area (Å²) in [6.07, 6.45) is 3.54. The predicted molar refractivity (Wildman–Crippen MR) is 102 cm³/mol. The average molecular weight is 372 g/mol. The first kappa shape index (κ1) is 17.4. The summed E-state index contributed by atoms with van der Waals surface area (Å²) in [4.78, 5) is 33.9. The molecule has 0 aromatic carbocycles. The Hall–Kier alpha value is -1.99. The number of hydrogen-bond donors (Lipinski definition) is 1. The number of nitrogens with zero attached hydrogens (tertiary/aromatic N) is 3. The Morgan fingerprint density at radius 1 is 1.31 bits per heavy atom. The van der Waals surface area contributed by atoms with Gasteiger partial charge in [-0.05, 0) is 44.9 Å². The van der Waals surface area contributed by atoms with E-state index in [2.05, 4.69) is 16.4 Å². The second-order valence-electron chi connectivity index (χ2n) is 7.09. The maximum absolute atomic E-state index is 13.0. The van der Waals surface area contributed by atoms with Crippen molar-refractivity contribution in [3.05, 3.63) is 49.3 Å². The fraction of sp³-hybridized carbons (Fsp3) is 0.526. The number of rotatable bonds is 2. The van der Waals surface area contributed by atoms with E-state index in [4.69, 9.17) is 0 Å². The molecule has 4 rings (SSSR count). The Morgan fingerprint density at radius 3 is 2.88 bits per heavy atom. The van der Waals surface area contributed by atoms with Crippen LogP contribution in [0.25, 0.3) is 0 Å². The summed E-state index contributed by atoms with van der Waals surface area (Å²) in [5, 5.41) is 3.48. The van der Waals surface area contributed by atoms with Gasteiger partial charge in [0.25, 0.3) is 11.5 Å². The summed E-state index contributed by atoms with van der Waals surface area (Å²) in [6, 6.07) is 4.42. The normalized spacial score (nSPS) is 20.1. The number of aryl methyl sites for hydroxylation is 1. The van der Waals surface area contributed by atoms with Gasteiger partial charge < -0.3 is 10.2 Å². The van der Waals surface area contributed by atoms with Crippen LogP contribution in [0.4, 0.5) is 0 Å². The van der Waals surface area contributed by atoms with E-state index in [0.717, 1.165) is 34.9 Å². The summed E-state index contributed by atoms with van der Waals surface area (Å²) in [5.74, 6) is 0.793. The van der Waals surface area contributed by atoms with Crippen molar-refractivity contribution in [2.45, 2.75) is 38.6 Å². The van der Waals surface area contributed by atoms with Crippen molar-refractivity contribution in [2.75, 3.05) is 19.6 Å². The molecule has 0 spiro atoms. The van der Waals surface area contributed by atoms with Crippen molar-refractivity contribution in [1.29, 1.82) is 0 Å². The van der Waals surface area contributed by atoms with E-state index >= 15 is 0 Å². The Balaban J connectivity index is 1.52. The second kappa shape index (κ2) is 6.96. The number of thiophene rings is 1. The standard InChI is InChI=1S/C19H24N4O2S/c1-12-21-14-8-11-23(10-7-13(14)18(24)22(12)2)19(25)17-6-5-16(26-17)15-4-3-9-20-15/h5-6,15,20H,3-4,7-11H2,1-2H3/t15-/m1/s1. The summed E-state index contributed by atoms with van der Waals surface area (Å²) >= 11 is 1.60. The summed E-state index contributed by atoms with van der Waals surface area (Å²) in [5.41, 5.74) is 1.63. The molecular weight excluding hydrogens is 348 g/mol. The van der Waals surface area contributed by atoms with Gasteiger partial charge in [-0.2, -0.15) is 0 Å². The highest BCUT2D eigenvalue weighted by Gasteiger charge is 2.25. The van der Waals surface area contributed by atoms with Crippen LogP contribution in [0.5, 0.6) is 0 Å². The fourth-order valence-corrected chi connectivity index (χ4v) is 4.90. The molecular formula is C19H24N4O2S. The minimum absolute atomic E-state index is 0.0208. The first-order valence-electron chi connectivity index (χ1n) is 9.22. The zero-order chi connectivity index (χ0) is 18.3. The van der Waals surface area contributed by atoms with Crippen molar-refractivity contribution in [3.63, 3.8) is 0 Å². The van der Waals surface area contributed by atoms with Crippen molar-refractivity contribution < 1.29 is 4.79 Å². The van der Waals surface area contributed by atoms with Crippen molar-refractivity contribution in [1.82, 2.24) is 19.8 Å². The van der Waals surface area contributed by atoms with Gasteiger partial charge in [-0.1, -0.05) is 0 Å². The number of fused-ring (bicyclic) bond motifs is 1. The van der Waals surface area contributed by atoms with Gasteiger partial charge in [0.05, 0.1) is 10.6 Å².